The van der Waals surface area contributed by atoms with Gasteiger partial charge in [0.25, 0.3) is 0 Å². The number of aromatic nitrogens is 1. The van der Waals surface area contributed by atoms with Gasteiger partial charge in [0.1, 0.15) is 6.04 Å². The first-order valence-electron chi connectivity index (χ1n) is 16.2. The molecular weight excluding hydrogens is 544 g/mol. The fourth-order valence-electron chi connectivity index (χ4n) is 7.22. The minimum absolute atomic E-state index is 0.106. The van der Waals surface area contributed by atoms with Crippen LogP contribution in [0.2, 0.25) is 0 Å². The Bertz CT molecular complexity index is 1850. The molecule has 4 atom stereocenters. The van der Waals surface area contributed by atoms with E-state index in [1.165, 1.54) is 33.1 Å². The van der Waals surface area contributed by atoms with Crippen molar-refractivity contribution in [3.05, 3.63) is 180 Å². The molecule has 3 aliphatic rings. The summed E-state index contributed by atoms with van der Waals surface area (Å²) in [5.74, 6) is 1.33. The van der Waals surface area contributed by atoms with E-state index in [0.29, 0.717) is 17.8 Å². The van der Waals surface area contributed by atoms with Crippen LogP contribution in [0.3, 0.4) is 0 Å². The molecule has 6 rings (SSSR count). The molecule has 0 N–H and O–H groups in total. The number of allylic oxidation sites excluding steroid dienone is 16. The molecular formula is C43H42N2. The molecule has 0 saturated carbocycles. The topological polar surface area (TPSA) is 25.2 Å². The summed E-state index contributed by atoms with van der Waals surface area (Å²) >= 11 is 0. The Morgan fingerprint density at radius 3 is 2.42 bits per heavy atom. The van der Waals surface area contributed by atoms with Gasteiger partial charge in [-0.05, 0) is 101 Å². The minimum atomic E-state index is -0.106. The molecule has 224 valence electrons. The van der Waals surface area contributed by atoms with Gasteiger partial charge in [-0.25, -0.2) is 0 Å². The molecule has 0 amide bonds. The van der Waals surface area contributed by atoms with Crippen molar-refractivity contribution in [1.82, 2.24) is 4.98 Å². The van der Waals surface area contributed by atoms with Gasteiger partial charge in [0, 0.05) is 11.8 Å². The van der Waals surface area contributed by atoms with Crippen LogP contribution in [0, 0.1) is 17.8 Å². The molecule has 2 aromatic carbocycles. The van der Waals surface area contributed by atoms with Crippen LogP contribution >= 0.6 is 0 Å². The van der Waals surface area contributed by atoms with E-state index in [2.05, 4.69) is 142 Å². The lowest BCUT2D eigenvalue weighted by Crippen LogP contribution is -2.29. The summed E-state index contributed by atoms with van der Waals surface area (Å²) in [7, 11) is 0. The number of benzene rings is 2. The van der Waals surface area contributed by atoms with E-state index in [4.69, 9.17) is 4.99 Å². The summed E-state index contributed by atoms with van der Waals surface area (Å²) in [6.45, 7) is 10.9. The Labute approximate surface area is 268 Å². The highest BCUT2D eigenvalue weighted by atomic mass is 14.8. The third-order valence-electron chi connectivity index (χ3n) is 9.29. The Morgan fingerprint density at radius 1 is 0.911 bits per heavy atom. The fraction of sp³-hybridized carbons (Fsp3) is 0.209. The van der Waals surface area contributed by atoms with Crippen molar-refractivity contribution in [3.63, 3.8) is 0 Å². The van der Waals surface area contributed by atoms with Crippen LogP contribution in [-0.4, -0.2) is 10.7 Å². The van der Waals surface area contributed by atoms with Crippen LogP contribution in [0.25, 0.3) is 16.3 Å². The molecule has 2 aliphatic carbocycles. The molecule has 0 fully saturated rings. The summed E-state index contributed by atoms with van der Waals surface area (Å²) in [4.78, 5) is 9.64. The maximum Gasteiger partial charge on any atom is 0.111 e. The van der Waals surface area contributed by atoms with E-state index in [1.54, 1.807) is 5.57 Å². The molecule has 0 spiro atoms. The highest BCUT2D eigenvalue weighted by Crippen LogP contribution is 2.49. The summed E-state index contributed by atoms with van der Waals surface area (Å²) in [5, 5.41) is 2.43. The van der Waals surface area contributed by atoms with Crippen molar-refractivity contribution in [2.45, 2.75) is 39.7 Å². The molecule has 3 aromatic rings. The quantitative estimate of drug-likeness (QED) is 0.241. The SMILES string of the molecule is C=C/C=C\C1=C(c2ccc3cc(C4=NC(c5ccccn5)C=CC=C4)ccc3c2)C(/C=C\C)=C(CC)C(C2C=CC=CC2)C1C. The van der Waals surface area contributed by atoms with Gasteiger partial charge in [-0.1, -0.05) is 129 Å². The predicted molar refractivity (Wildman–Crippen MR) is 193 cm³/mol. The van der Waals surface area contributed by atoms with Crippen LogP contribution in [0.5, 0.6) is 0 Å². The second kappa shape index (κ2) is 13.9. The Morgan fingerprint density at radius 2 is 1.71 bits per heavy atom. The maximum absolute atomic E-state index is 5.09. The van der Waals surface area contributed by atoms with Gasteiger partial charge in [-0.3, -0.25) is 9.98 Å². The van der Waals surface area contributed by atoms with Gasteiger partial charge in [-0.2, -0.15) is 0 Å². The van der Waals surface area contributed by atoms with Crippen molar-refractivity contribution < 1.29 is 0 Å². The molecule has 1 aliphatic heterocycles. The highest BCUT2D eigenvalue weighted by Gasteiger charge is 2.36. The van der Waals surface area contributed by atoms with E-state index in [1.807, 2.05) is 30.5 Å². The lowest BCUT2D eigenvalue weighted by Gasteiger charge is -2.40. The molecule has 0 saturated heterocycles. The average molecular weight is 587 g/mol. The van der Waals surface area contributed by atoms with Crippen molar-refractivity contribution in [2.75, 3.05) is 0 Å². The first-order valence-corrected chi connectivity index (χ1v) is 16.2. The standard InChI is InChI=1S/C43H42N2/c1-5-8-19-37-30(4)42(31-17-10-9-11-18-31)36(7-3)38(16-6-2)43(37)35-26-24-32-28-34(25-23-33(32)29-35)39-20-12-13-22-41(45-39)40-21-14-15-27-44-40/h5-6,8-17,19-31,41-42H,1,7,18H2,2-4H3/b16-6-,19-8-. The van der Waals surface area contributed by atoms with Crippen molar-refractivity contribution >= 4 is 22.1 Å². The fourth-order valence-corrected chi connectivity index (χ4v) is 7.22. The zero-order valence-corrected chi connectivity index (χ0v) is 26.6. The number of nitrogens with zero attached hydrogens (tertiary/aromatic N) is 2. The van der Waals surface area contributed by atoms with Crippen molar-refractivity contribution in [3.8, 4) is 0 Å². The average Bonchev–Trinajstić information content (AvgIpc) is 3.35. The smallest absolute Gasteiger partial charge is 0.111 e. The number of aliphatic imine (C=N–C) groups is 1. The van der Waals surface area contributed by atoms with Gasteiger partial charge in [0.15, 0.2) is 0 Å². The molecule has 0 radical (unpaired) electrons. The second-order valence-electron chi connectivity index (χ2n) is 12.0. The molecule has 2 heterocycles. The molecule has 2 heteroatoms. The second-order valence-corrected chi connectivity index (χ2v) is 12.0. The Kier molecular flexibility index (Phi) is 9.31. The van der Waals surface area contributed by atoms with Gasteiger partial charge >= 0.3 is 0 Å². The monoisotopic (exact) mass is 586 g/mol. The Hall–Kier alpha value is -4.82. The number of rotatable bonds is 8. The van der Waals surface area contributed by atoms with Crippen LogP contribution in [-0.2, 0) is 0 Å². The first kappa shape index (κ1) is 30.2. The van der Waals surface area contributed by atoms with Gasteiger partial charge in [0.2, 0.25) is 0 Å². The van der Waals surface area contributed by atoms with E-state index < -0.39 is 0 Å². The third-order valence-corrected chi connectivity index (χ3v) is 9.29. The zero-order valence-electron chi connectivity index (χ0n) is 26.6. The number of hydrogen-bond acceptors (Lipinski definition) is 2. The minimum Gasteiger partial charge on any atom is -0.271 e. The summed E-state index contributed by atoms with van der Waals surface area (Å²) < 4.78 is 0. The normalized spacial score (nSPS) is 23.4. The van der Waals surface area contributed by atoms with E-state index >= 15 is 0 Å². The van der Waals surface area contributed by atoms with E-state index in [9.17, 15) is 0 Å². The number of fused-ring (bicyclic) bond motifs is 1. The lowest BCUT2D eigenvalue weighted by atomic mass is 9.64. The molecule has 45 heavy (non-hydrogen) atoms. The summed E-state index contributed by atoms with van der Waals surface area (Å²) in [5.41, 5.74) is 9.93. The lowest BCUT2D eigenvalue weighted by molar-refractivity contribution is 0.353. The van der Waals surface area contributed by atoms with Crippen molar-refractivity contribution in [1.29, 1.82) is 0 Å². The maximum atomic E-state index is 5.09. The van der Waals surface area contributed by atoms with Crippen LogP contribution in [0.15, 0.2) is 168 Å². The van der Waals surface area contributed by atoms with Crippen molar-refractivity contribution in [2.24, 2.45) is 22.7 Å². The number of hydrogen-bond donors (Lipinski definition) is 0. The largest absolute Gasteiger partial charge is 0.271 e. The molecule has 2 nitrogen and oxygen atoms in total. The van der Waals surface area contributed by atoms with Crippen LogP contribution in [0.4, 0.5) is 0 Å². The number of pyridine rings is 1. The van der Waals surface area contributed by atoms with Crippen LogP contribution < -0.4 is 0 Å². The zero-order chi connectivity index (χ0) is 31.2. The van der Waals surface area contributed by atoms with Crippen LogP contribution in [0.1, 0.15) is 56.5 Å². The van der Waals surface area contributed by atoms with Gasteiger partial charge in [0.05, 0.1) is 11.4 Å². The highest BCUT2D eigenvalue weighted by molar-refractivity contribution is 6.11. The van der Waals surface area contributed by atoms with E-state index in [-0.39, 0.29) is 6.04 Å². The molecule has 0 bridgehead atoms. The summed E-state index contributed by atoms with van der Waals surface area (Å²) in [6, 6.07) is 19.5. The first-order chi connectivity index (χ1) is 22.1. The predicted octanol–water partition coefficient (Wildman–Crippen LogP) is 11.1. The van der Waals surface area contributed by atoms with Gasteiger partial charge < -0.3 is 0 Å². The Balaban J connectivity index is 1.44. The molecule has 4 unspecified atom stereocenters. The van der Waals surface area contributed by atoms with Gasteiger partial charge in [-0.15, -0.1) is 0 Å². The third kappa shape index (κ3) is 6.24. The summed E-state index contributed by atoms with van der Waals surface area (Å²) in [6.07, 6.45) is 32.3. The van der Waals surface area contributed by atoms with E-state index in [0.717, 1.165) is 29.8 Å². The molecule has 1 aromatic heterocycles.